The minimum Gasteiger partial charge on any atom is -0.396 e. The van der Waals surface area contributed by atoms with Crippen LogP contribution in [0.15, 0.2) is 0 Å². The van der Waals surface area contributed by atoms with Gasteiger partial charge in [0.25, 0.3) is 0 Å². The summed E-state index contributed by atoms with van der Waals surface area (Å²) in [5, 5.41) is 12.8. The summed E-state index contributed by atoms with van der Waals surface area (Å²) >= 11 is 0. The predicted molar refractivity (Wildman–Crippen MR) is 51.6 cm³/mol. The first-order valence-corrected chi connectivity index (χ1v) is 4.72. The van der Waals surface area contributed by atoms with Gasteiger partial charge in [0.1, 0.15) is 0 Å². The molecule has 1 saturated heterocycles. The fourth-order valence-electron chi connectivity index (χ4n) is 2.69. The number of nitrogens with one attached hydrogen (secondary N) is 1. The van der Waals surface area contributed by atoms with Crippen molar-refractivity contribution in [1.82, 2.24) is 5.32 Å². The Hall–Kier alpha value is 0.210. The molecule has 1 saturated carbocycles. The normalized spacial score (nSPS) is 40.2. The number of fused-ring (bicyclic) bond motifs is 1. The van der Waals surface area contributed by atoms with Crippen molar-refractivity contribution in [3.05, 3.63) is 0 Å². The van der Waals surface area contributed by atoms with E-state index in [1.807, 2.05) is 0 Å². The first-order valence-electron chi connectivity index (χ1n) is 4.72. The molecule has 72 valence electrons. The number of hydrogen-bond acceptors (Lipinski definition) is 2. The van der Waals surface area contributed by atoms with Crippen LogP contribution in [-0.4, -0.2) is 24.3 Å². The predicted octanol–water partition coefficient (Wildman–Crippen LogP) is 1.32. The molecule has 2 nitrogen and oxygen atoms in total. The number of rotatable bonds is 1. The molecule has 1 heterocycles. The Bertz CT molecular complexity index is 153. The van der Waals surface area contributed by atoms with Crippen LogP contribution in [-0.2, 0) is 0 Å². The monoisotopic (exact) mass is 191 g/mol. The molecule has 0 spiro atoms. The first-order chi connectivity index (χ1) is 5.37. The number of halogens is 1. The van der Waals surface area contributed by atoms with Gasteiger partial charge in [0, 0.05) is 11.5 Å². The average Bonchev–Trinajstić information content (AvgIpc) is 2.48. The molecule has 2 aliphatic rings. The first kappa shape index (κ1) is 10.3. The fraction of sp³-hybridized carbons (Fsp3) is 1.00. The lowest BCUT2D eigenvalue weighted by Gasteiger charge is -2.37. The van der Waals surface area contributed by atoms with E-state index in [1.165, 1.54) is 32.1 Å². The zero-order valence-electron chi connectivity index (χ0n) is 7.38. The highest BCUT2D eigenvalue weighted by Gasteiger charge is 2.43. The average molecular weight is 192 g/mol. The van der Waals surface area contributed by atoms with E-state index in [0.717, 1.165) is 6.54 Å². The summed E-state index contributed by atoms with van der Waals surface area (Å²) in [6.07, 6.45) is 6.37. The lowest BCUT2D eigenvalue weighted by molar-refractivity contribution is 0.0756. The molecule has 2 N–H and O–H groups in total. The Morgan fingerprint density at radius 3 is 2.83 bits per heavy atom. The minimum atomic E-state index is 0. The summed E-state index contributed by atoms with van der Waals surface area (Å²) in [7, 11) is 0. The van der Waals surface area contributed by atoms with E-state index in [9.17, 15) is 5.11 Å². The highest BCUT2D eigenvalue weighted by atomic mass is 35.5. The molecule has 0 aromatic rings. The van der Waals surface area contributed by atoms with E-state index >= 15 is 0 Å². The molecular formula is C9H18ClNO. The van der Waals surface area contributed by atoms with Gasteiger partial charge in [-0.1, -0.05) is 12.8 Å². The molecule has 2 rings (SSSR count). The second kappa shape index (κ2) is 3.95. The van der Waals surface area contributed by atoms with Gasteiger partial charge in [0.05, 0.1) is 6.61 Å². The zero-order valence-corrected chi connectivity index (χ0v) is 8.20. The molecule has 2 unspecified atom stereocenters. The van der Waals surface area contributed by atoms with E-state index < -0.39 is 0 Å². The second-order valence-corrected chi connectivity index (χ2v) is 4.02. The maximum Gasteiger partial charge on any atom is 0.0502 e. The van der Waals surface area contributed by atoms with E-state index in [4.69, 9.17) is 0 Å². The molecule has 3 heteroatoms. The SMILES string of the molecule is Cl.OCC12CCCCC1NCC2. The van der Waals surface area contributed by atoms with Crippen LogP contribution >= 0.6 is 12.4 Å². The highest BCUT2D eigenvalue weighted by Crippen LogP contribution is 2.41. The van der Waals surface area contributed by atoms with Crippen LogP contribution in [0.1, 0.15) is 32.1 Å². The third kappa shape index (κ3) is 1.48. The molecule has 1 aliphatic carbocycles. The van der Waals surface area contributed by atoms with Crippen molar-refractivity contribution in [1.29, 1.82) is 0 Å². The summed E-state index contributed by atoms with van der Waals surface area (Å²) in [5.41, 5.74) is 0.276. The van der Waals surface area contributed by atoms with E-state index in [2.05, 4.69) is 5.32 Å². The second-order valence-electron chi connectivity index (χ2n) is 4.02. The smallest absolute Gasteiger partial charge is 0.0502 e. The summed E-state index contributed by atoms with van der Waals surface area (Å²) in [4.78, 5) is 0. The largest absolute Gasteiger partial charge is 0.396 e. The van der Waals surface area contributed by atoms with Crippen LogP contribution in [0.25, 0.3) is 0 Å². The maximum atomic E-state index is 9.31. The molecule has 0 aromatic carbocycles. The molecule has 2 atom stereocenters. The minimum absolute atomic E-state index is 0. The summed E-state index contributed by atoms with van der Waals surface area (Å²) in [5.74, 6) is 0. The summed E-state index contributed by atoms with van der Waals surface area (Å²) in [6, 6.07) is 0.626. The standard InChI is InChI=1S/C9H17NO.ClH/c11-7-9-4-2-1-3-8(9)10-6-5-9;/h8,10-11H,1-7H2;1H. The van der Waals surface area contributed by atoms with Crippen molar-refractivity contribution in [2.75, 3.05) is 13.2 Å². The molecule has 12 heavy (non-hydrogen) atoms. The van der Waals surface area contributed by atoms with Crippen LogP contribution in [0.2, 0.25) is 0 Å². The van der Waals surface area contributed by atoms with E-state index in [0.29, 0.717) is 12.6 Å². The van der Waals surface area contributed by atoms with Crippen LogP contribution in [0.5, 0.6) is 0 Å². The van der Waals surface area contributed by atoms with Crippen molar-refractivity contribution in [2.45, 2.75) is 38.1 Å². The Labute approximate surface area is 80.1 Å². The van der Waals surface area contributed by atoms with E-state index in [-0.39, 0.29) is 17.8 Å². The Balaban J connectivity index is 0.000000720. The van der Waals surface area contributed by atoms with Crippen molar-refractivity contribution in [3.8, 4) is 0 Å². The Morgan fingerprint density at radius 1 is 1.33 bits per heavy atom. The van der Waals surface area contributed by atoms with Gasteiger partial charge >= 0.3 is 0 Å². The summed E-state index contributed by atoms with van der Waals surface area (Å²) < 4.78 is 0. The van der Waals surface area contributed by atoms with Gasteiger partial charge in [-0.05, 0) is 25.8 Å². The molecule has 0 amide bonds. The van der Waals surface area contributed by atoms with Gasteiger partial charge in [-0.25, -0.2) is 0 Å². The van der Waals surface area contributed by atoms with Gasteiger partial charge in [-0.15, -0.1) is 12.4 Å². The number of hydrogen-bond donors (Lipinski definition) is 2. The number of aliphatic hydroxyl groups is 1. The lowest BCUT2D eigenvalue weighted by atomic mass is 9.71. The van der Waals surface area contributed by atoms with Crippen molar-refractivity contribution in [3.63, 3.8) is 0 Å². The van der Waals surface area contributed by atoms with Crippen molar-refractivity contribution < 1.29 is 5.11 Å². The van der Waals surface area contributed by atoms with Gasteiger partial charge in [0.2, 0.25) is 0 Å². The third-order valence-electron chi connectivity index (χ3n) is 3.49. The topological polar surface area (TPSA) is 32.3 Å². The zero-order chi connectivity index (χ0) is 7.73. The van der Waals surface area contributed by atoms with Gasteiger partial charge in [-0.3, -0.25) is 0 Å². The molecular weight excluding hydrogens is 174 g/mol. The van der Waals surface area contributed by atoms with Crippen molar-refractivity contribution >= 4 is 12.4 Å². The molecule has 0 aromatic heterocycles. The molecule has 0 radical (unpaired) electrons. The third-order valence-corrected chi connectivity index (χ3v) is 3.49. The van der Waals surface area contributed by atoms with Gasteiger partial charge in [0.15, 0.2) is 0 Å². The maximum absolute atomic E-state index is 9.31. The molecule has 2 fully saturated rings. The van der Waals surface area contributed by atoms with Gasteiger partial charge < -0.3 is 10.4 Å². The quantitative estimate of drug-likeness (QED) is 0.656. The van der Waals surface area contributed by atoms with Crippen LogP contribution < -0.4 is 5.32 Å². The van der Waals surface area contributed by atoms with E-state index in [1.54, 1.807) is 0 Å². The highest BCUT2D eigenvalue weighted by molar-refractivity contribution is 5.85. The molecule has 0 bridgehead atoms. The number of aliphatic hydroxyl groups excluding tert-OH is 1. The fourth-order valence-corrected chi connectivity index (χ4v) is 2.69. The summed E-state index contributed by atoms with van der Waals surface area (Å²) in [6.45, 7) is 1.51. The molecule has 1 aliphatic heterocycles. The lowest BCUT2D eigenvalue weighted by Crippen LogP contribution is -2.41. The van der Waals surface area contributed by atoms with Crippen LogP contribution in [0.4, 0.5) is 0 Å². The Kier molecular flexibility index (Phi) is 3.38. The Morgan fingerprint density at radius 2 is 2.17 bits per heavy atom. The van der Waals surface area contributed by atoms with Crippen LogP contribution in [0, 0.1) is 5.41 Å². The van der Waals surface area contributed by atoms with Crippen LogP contribution in [0.3, 0.4) is 0 Å². The van der Waals surface area contributed by atoms with Crippen molar-refractivity contribution in [2.24, 2.45) is 5.41 Å². The van der Waals surface area contributed by atoms with Gasteiger partial charge in [-0.2, -0.15) is 0 Å².